The molecule has 0 atom stereocenters. The Morgan fingerprint density at radius 3 is 2.54 bits per heavy atom. The second kappa shape index (κ2) is 6.30. The lowest BCUT2D eigenvalue weighted by molar-refractivity contribution is 0.0396. The largest absolute Gasteiger partial charge is 0.450 e. The Labute approximate surface area is 136 Å². The number of primary sulfonamides is 1. The van der Waals surface area contributed by atoms with E-state index in [2.05, 4.69) is 4.98 Å². The van der Waals surface area contributed by atoms with Crippen molar-refractivity contribution in [1.82, 2.24) is 4.98 Å². The first-order valence-corrected chi connectivity index (χ1v) is 8.28. The summed E-state index contributed by atoms with van der Waals surface area (Å²) in [5, 5.41) is 4.38. The Kier molecular flexibility index (Phi) is 4.19. The van der Waals surface area contributed by atoms with Crippen LogP contribution in [-0.2, 0) is 21.4 Å². The predicted molar refractivity (Wildman–Crippen MR) is 81.1 cm³/mol. The van der Waals surface area contributed by atoms with E-state index in [1.807, 2.05) is 30.3 Å². The molecule has 0 bridgehead atoms. The molecular weight excluding hydrogens is 336 g/mol. The molecule has 0 aliphatic heterocycles. The number of hydrogen-bond donors (Lipinski definition) is 1. The van der Waals surface area contributed by atoms with Crippen molar-refractivity contribution in [2.24, 2.45) is 5.14 Å². The van der Waals surface area contributed by atoms with E-state index >= 15 is 0 Å². The minimum atomic E-state index is -4.02. The zero-order chi connectivity index (χ0) is 17.2. The maximum Gasteiger partial charge on any atom is 0.374 e. The SMILES string of the molecule is NS(=O)(=O)c1ccc(C(=O)OCc2ncc(-c3ccccc3)o2)o1. The van der Waals surface area contributed by atoms with Crippen molar-refractivity contribution in [2.75, 3.05) is 0 Å². The van der Waals surface area contributed by atoms with Gasteiger partial charge < -0.3 is 13.6 Å². The van der Waals surface area contributed by atoms with Crippen LogP contribution in [0.25, 0.3) is 11.3 Å². The van der Waals surface area contributed by atoms with Crippen LogP contribution in [0.2, 0.25) is 0 Å². The van der Waals surface area contributed by atoms with E-state index in [-0.39, 0.29) is 18.3 Å². The van der Waals surface area contributed by atoms with Crippen LogP contribution in [0.15, 0.2) is 62.6 Å². The van der Waals surface area contributed by atoms with E-state index in [1.165, 1.54) is 6.20 Å². The topological polar surface area (TPSA) is 126 Å². The molecule has 24 heavy (non-hydrogen) atoms. The fraction of sp³-hybridized carbons (Fsp3) is 0.0667. The van der Waals surface area contributed by atoms with Gasteiger partial charge in [0.2, 0.25) is 16.7 Å². The maximum atomic E-state index is 11.8. The van der Waals surface area contributed by atoms with Gasteiger partial charge in [0, 0.05) is 5.56 Å². The molecule has 0 aliphatic rings. The lowest BCUT2D eigenvalue weighted by atomic mass is 10.2. The first-order chi connectivity index (χ1) is 11.4. The van der Waals surface area contributed by atoms with Gasteiger partial charge in [0.05, 0.1) is 6.20 Å². The fourth-order valence-corrected chi connectivity index (χ4v) is 2.36. The third kappa shape index (κ3) is 3.53. The molecule has 0 saturated carbocycles. The van der Waals surface area contributed by atoms with Gasteiger partial charge in [0.1, 0.15) is 0 Å². The highest BCUT2D eigenvalue weighted by Crippen LogP contribution is 2.20. The van der Waals surface area contributed by atoms with Crippen molar-refractivity contribution in [3.05, 3.63) is 60.3 Å². The van der Waals surface area contributed by atoms with Gasteiger partial charge in [-0.25, -0.2) is 23.3 Å². The Balaban J connectivity index is 1.65. The minimum absolute atomic E-state index is 0.195. The summed E-state index contributed by atoms with van der Waals surface area (Å²) < 4.78 is 37.5. The number of ether oxygens (including phenoxy) is 1. The number of oxazole rings is 1. The smallest absolute Gasteiger partial charge is 0.374 e. The molecule has 0 spiro atoms. The quantitative estimate of drug-likeness (QED) is 0.698. The second-order valence-electron chi connectivity index (χ2n) is 4.72. The summed E-state index contributed by atoms with van der Waals surface area (Å²) in [5.74, 6) is -0.408. The van der Waals surface area contributed by atoms with Crippen LogP contribution in [-0.4, -0.2) is 19.4 Å². The molecule has 2 heterocycles. The third-order valence-electron chi connectivity index (χ3n) is 3.00. The van der Waals surface area contributed by atoms with Gasteiger partial charge in [-0.15, -0.1) is 0 Å². The molecule has 124 valence electrons. The highest BCUT2D eigenvalue weighted by atomic mass is 32.2. The van der Waals surface area contributed by atoms with E-state index in [4.69, 9.17) is 18.7 Å². The van der Waals surface area contributed by atoms with Crippen LogP contribution >= 0.6 is 0 Å². The van der Waals surface area contributed by atoms with Crippen LogP contribution < -0.4 is 5.14 Å². The Morgan fingerprint density at radius 1 is 1.12 bits per heavy atom. The van der Waals surface area contributed by atoms with E-state index in [0.29, 0.717) is 5.76 Å². The van der Waals surface area contributed by atoms with E-state index in [1.54, 1.807) is 0 Å². The number of nitrogens with two attached hydrogens (primary N) is 1. The molecule has 0 saturated heterocycles. The predicted octanol–water partition coefficient (Wildman–Crippen LogP) is 1.94. The first kappa shape index (κ1) is 16.0. The summed E-state index contributed by atoms with van der Waals surface area (Å²) in [6, 6.07) is 11.5. The van der Waals surface area contributed by atoms with Crippen molar-refractivity contribution >= 4 is 16.0 Å². The number of sulfonamides is 1. The van der Waals surface area contributed by atoms with Crippen LogP contribution in [0, 0.1) is 0 Å². The molecule has 1 aromatic carbocycles. The second-order valence-corrected chi connectivity index (χ2v) is 6.22. The Hall–Kier alpha value is -2.91. The summed E-state index contributed by atoms with van der Waals surface area (Å²) >= 11 is 0. The summed E-state index contributed by atoms with van der Waals surface area (Å²) in [6.45, 7) is -0.225. The van der Waals surface area contributed by atoms with Crippen molar-refractivity contribution in [3.63, 3.8) is 0 Å². The summed E-state index contributed by atoms with van der Waals surface area (Å²) in [5.41, 5.74) is 0.839. The van der Waals surface area contributed by atoms with Gasteiger partial charge >= 0.3 is 5.97 Å². The fourth-order valence-electron chi connectivity index (χ4n) is 1.89. The van der Waals surface area contributed by atoms with Gasteiger partial charge in [-0.05, 0) is 12.1 Å². The number of carbonyl (C=O) groups is 1. The first-order valence-electron chi connectivity index (χ1n) is 6.73. The molecule has 8 nitrogen and oxygen atoms in total. The Morgan fingerprint density at radius 2 is 1.88 bits per heavy atom. The van der Waals surface area contributed by atoms with Gasteiger partial charge in [0.25, 0.3) is 10.0 Å². The number of nitrogens with zero attached hydrogens (tertiary/aromatic N) is 1. The van der Waals surface area contributed by atoms with E-state index in [0.717, 1.165) is 17.7 Å². The number of hydrogen-bond acceptors (Lipinski definition) is 7. The molecule has 0 unspecified atom stereocenters. The number of benzene rings is 1. The van der Waals surface area contributed by atoms with Gasteiger partial charge in [-0.3, -0.25) is 0 Å². The molecule has 3 rings (SSSR count). The van der Waals surface area contributed by atoms with Crippen LogP contribution in [0.3, 0.4) is 0 Å². The molecule has 0 aliphatic carbocycles. The minimum Gasteiger partial charge on any atom is -0.450 e. The maximum absolute atomic E-state index is 11.8. The zero-order valence-electron chi connectivity index (χ0n) is 12.2. The molecule has 3 aromatic rings. The molecule has 9 heteroatoms. The molecule has 2 N–H and O–H groups in total. The highest BCUT2D eigenvalue weighted by molar-refractivity contribution is 7.89. The lowest BCUT2D eigenvalue weighted by Gasteiger charge is -1.99. The highest BCUT2D eigenvalue weighted by Gasteiger charge is 2.19. The third-order valence-corrected chi connectivity index (χ3v) is 3.78. The number of rotatable bonds is 5. The average molecular weight is 348 g/mol. The normalized spacial score (nSPS) is 11.4. The summed E-state index contributed by atoms with van der Waals surface area (Å²) in [7, 11) is -4.02. The summed E-state index contributed by atoms with van der Waals surface area (Å²) in [6.07, 6.45) is 1.52. The average Bonchev–Trinajstić information content (AvgIpc) is 3.22. The van der Waals surface area contributed by atoms with E-state index < -0.39 is 21.1 Å². The van der Waals surface area contributed by atoms with Crippen molar-refractivity contribution in [1.29, 1.82) is 0 Å². The van der Waals surface area contributed by atoms with Crippen LogP contribution in [0.5, 0.6) is 0 Å². The van der Waals surface area contributed by atoms with Crippen molar-refractivity contribution < 1.29 is 26.8 Å². The lowest BCUT2D eigenvalue weighted by Crippen LogP contribution is -2.11. The number of aromatic nitrogens is 1. The molecule has 0 fully saturated rings. The molecular formula is C15H12N2O6S. The van der Waals surface area contributed by atoms with Gasteiger partial charge in [0.15, 0.2) is 12.4 Å². The number of carbonyl (C=O) groups excluding carboxylic acids is 1. The molecule has 0 radical (unpaired) electrons. The van der Waals surface area contributed by atoms with Crippen LogP contribution in [0.1, 0.15) is 16.4 Å². The summed E-state index contributed by atoms with van der Waals surface area (Å²) in [4.78, 5) is 15.8. The number of furan rings is 1. The van der Waals surface area contributed by atoms with Gasteiger partial charge in [-0.1, -0.05) is 30.3 Å². The Bertz CT molecular complexity index is 959. The van der Waals surface area contributed by atoms with E-state index in [9.17, 15) is 13.2 Å². The zero-order valence-corrected chi connectivity index (χ0v) is 13.0. The van der Waals surface area contributed by atoms with Crippen molar-refractivity contribution in [2.45, 2.75) is 11.7 Å². The number of esters is 1. The molecule has 0 amide bonds. The monoisotopic (exact) mass is 348 g/mol. The van der Waals surface area contributed by atoms with Crippen LogP contribution in [0.4, 0.5) is 0 Å². The van der Waals surface area contributed by atoms with Crippen molar-refractivity contribution in [3.8, 4) is 11.3 Å². The molecule has 2 aromatic heterocycles. The standard InChI is InChI=1S/C15H12N2O6S/c16-24(19,20)14-7-6-11(23-14)15(18)21-9-13-17-8-12(22-13)10-4-2-1-3-5-10/h1-8H,9H2,(H2,16,19,20). The van der Waals surface area contributed by atoms with Gasteiger partial charge in [-0.2, -0.15) is 0 Å².